The van der Waals surface area contributed by atoms with Crippen LogP contribution in [-0.4, -0.2) is 67.4 Å². The van der Waals surface area contributed by atoms with Crippen molar-refractivity contribution in [3.8, 4) is 0 Å². The topological polar surface area (TPSA) is 26.8 Å². The number of carbonyl (C=O) groups excluding carboxylic acids is 1. The van der Waals surface area contributed by atoms with Crippen molar-refractivity contribution in [1.29, 1.82) is 0 Å². The fraction of sp³-hybridized carbons (Fsp3) is 0.409. The summed E-state index contributed by atoms with van der Waals surface area (Å²) in [7, 11) is 4.11. The van der Waals surface area contributed by atoms with Crippen LogP contribution in [-0.2, 0) is 11.3 Å². The monoisotopic (exact) mass is 381 g/mol. The molecule has 0 atom stereocenters. The molecule has 1 aliphatic rings. The van der Waals surface area contributed by atoms with E-state index in [0.29, 0.717) is 12.3 Å². The minimum absolute atomic E-state index is 0.290. The molecule has 27 heavy (non-hydrogen) atoms. The lowest BCUT2D eigenvalue weighted by Crippen LogP contribution is -2.37. The average molecular weight is 382 g/mol. The third-order valence-electron chi connectivity index (χ3n) is 5.35. The van der Waals surface area contributed by atoms with E-state index in [4.69, 9.17) is 0 Å². The molecule has 142 valence electrons. The van der Waals surface area contributed by atoms with E-state index in [2.05, 4.69) is 66.4 Å². The van der Waals surface area contributed by atoms with Crippen molar-refractivity contribution in [3.05, 3.63) is 48.0 Å². The van der Waals surface area contributed by atoms with Crippen LogP contribution < -0.4 is 0 Å². The lowest BCUT2D eigenvalue weighted by molar-refractivity contribution is -0.130. The van der Waals surface area contributed by atoms with Crippen LogP contribution in [0, 0.1) is 0 Å². The number of carbonyl (C=O) groups is 1. The molecule has 2 heterocycles. The van der Waals surface area contributed by atoms with Gasteiger partial charge in [-0.25, -0.2) is 0 Å². The highest BCUT2D eigenvalue weighted by molar-refractivity contribution is 7.25. The molecule has 3 aromatic rings. The van der Waals surface area contributed by atoms with Crippen LogP contribution in [0.1, 0.15) is 12.0 Å². The van der Waals surface area contributed by atoms with Gasteiger partial charge >= 0.3 is 0 Å². The fourth-order valence-electron chi connectivity index (χ4n) is 3.76. The predicted octanol–water partition coefficient (Wildman–Crippen LogP) is 3.65. The molecule has 4 nitrogen and oxygen atoms in total. The van der Waals surface area contributed by atoms with Crippen molar-refractivity contribution in [2.45, 2.75) is 13.0 Å². The first-order valence-corrected chi connectivity index (χ1v) is 10.5. The third kappa shape index (κ3) is 4.15. The molecule has 0 bridgehead atoms. The molecular formula is C22H27N3OS. The van der Waals surface area contributed by atoms with Crippen LogP contribution >= 0.6 is 11.3 Å². The Balaban J connectivity index is 1.47. The maximum absolute atomic E-state index is 12.4. The van der Waals surface area contributed by atoms with E-state index >= 15 is 0 Å². The molecular weight excluding hydrogens is 354 g/mol. The largest absolute Gasteiger partial charge is 0.340 e. The molecule has 1 fully saturated rings. The molecule has 0 aliphatic carbocycles. The van der Waals surface area contributed by atoms with E-state index in [1.54, 1.807) is 0 Å². The third-order valence-corrected chi connectivity index (χ3v) is 6.50. The number of hydrogen-bond acceptors (Lipinski definition) is 4. The number of hydrogen-bond donors (Lipinski definition) is 0. The summed E-state index contributed by atoms with van der Waals surface area (Å²) >= 11 is 1.86. The van der Waals surface area contributed by atoms with Gasteiger partial charge in [0.1, 0.15) is 0 Å². The molecule has 0 saturated carbocycles. The molecule has 2 aromatic carbocycles. The maximum Gasteiger partial charge on any atom is 0.223 e. The normalized spacial score (nSPS) is 16.6. The highest BCUT2D eigenvalue weighted by Crippen LogP contribution is 2.34. The van der Waals surface area contributed by atoms with Crippen molar-refractivity contribution in [2.75, 3.05) is 46.8 Å². The molecule has 1 amide bonds. The summed E-state index contributed by atoms with van der Waals surface area (Å²) in [5, 5.41) is 2.70. The van der Waals surface area contributed by atoms with Crippen LogP contribution in [0.5, 0.6) is 0 Å². The van der Waals surface area contributed by atoms with Crippen LogP contribution in [0.15, 0.2) is 42.5 Å². The fourth-order valence-corrected chi connectivity index (χ4v) is 4.84. The Kier molecular flexibility index (Phi) is 5.43. The number of amides is 1. The Morgan fingerprint density at radius 1 is 1.00 bits per heavy atom. The molecule has 5 heteroatoms. The molecule has 1 saturated heterocycles. The number of fused-ring (bicyclic) bond motifs is 3. The van der Waals surface area contributed by atoms with Crippen molar-refractivity contribution < 1.29 is 4.79 Å². The van der Waals surface area contributed by atoms with Gasteiger partial charge in [-0.3, -0.25) is 9.69 Å². The van der Waals surface area contributed by atoms with Gasteiger partial charge in [-0.05, 0) is 37.9 Å². The van der Waals surface area contributed by atoms with Crippen molar-refractivity contribution in [3.63, 3.8) is 0 Å². The molecule has 4 rings (SSSR count). The highest BCUT2D eigenvalue weighted by atomic mass is 32.1. The molecule has 0 unspecified atom stereocenters. The zero-order valence-electron chi connectivity index (χ0n) is 16.1. The minimum atomic E-state index is 0.290. The van der Waals surface area contributed by atoms with Gasteiger partial charge in [-0.2, -0.15) is 0 Å². The van der Waals surface area contributed by atoms with Crippen LogP contribution in [0.25, 0.3) is 20.2 Å². The summed E-state index contributed by atoms with van der Waals surface area (Å²) in [6.07, 6.45) is 0.622. The smallest absolute Gasteiger partial charge is 0.223 e. The first kappa shape index (κ1) is 18.4. The zero-order valence-corrected chi connectivity index (χ0v) is 17.0. The second-order valence-electron chi connectivity index (χ2n) is 7.64. The molecule has 1 aromatic heterocycles. The maximum atomic E-state index is 12.4. The van der Waals surface area contributed by atoms with E-state index in [0.717, 1.165) is 39.3 Å². The van der Waals surface area contributed by atoms with Crippen LogP contribution in [0.3, 0.4) is 0 Å². The number of nitrogens with zero attached hydrogens (tertiary/aromatic N) is 3. The standard InChI is InChI=1S/C22H27N3OS/c1-23(2)11-13-25-14-12-24(10-9-22(25)26)16-17-7-8-21-19(15-17)18-5-3-4-6-20(18)27-21/h3-8,15H,9-14,16H2,1-2H3. The van der Waals surface area contributed by atoms with Crippen molar-refractivity contribution in [2.24, 2.45) is 0 Å². The van der Waals surface area contributed by atoms with Gasteiger partial charge < -0.3 is 9.80 Å². The molecule has 0 spiro atoms. The average Bonchev–Trinajstić information content (AvgIpc) is 2.93. The summed E-state index contributed by atoms with van der Waals surface area (Å²) in [4.78, 5) is 19.0. The van der Waals surface area contributed by atoms with E-state index in [1.165, 1.54) is 25.7 Å². The first-order chi connectivity index (χ1) is 13.1. The van der Waals surface area contributed by atoms with Gasteiger partial charge in [0.25, 0.3) is 0 Å². The molecule has 0 N–H and O–H groups in total. The van der Waals surface area contributed by atoms with E-state index in [1.807, 2.05) is 16.2 Å². The summed E-state index contributed by atoms with van der Waals surface area (Å²) in [5.41, 5.74) is 1.33. The van der Waals surface area contributed by atoms with E-state index < -0.39 is 0 Å². The van der Waals surface area contributed by atoms with Crippen molar-refractivity contribution >= 4 is 37.4 Å². The Hall–Kier alpha value is -1.95. The van der Waals surface area contributed by atoms with Crippen LogP contribution in [0.2, 0.25) is 0 Å². The lowest BCUT2D eigenvalue weighted by Gasteiger charge is -2.23. The van der Waals surface area contributed by atoms with E-state index in [-0.39, 0.29) is 0 Å². The Labute approximate surface area is 165 Å². The van der Waals surface area contributed by atoms with Gasteiger partial charge in [-0.1, -0.05) is 24.3 Å². The Morgan fingerprint density at radius 3 is 2.67 bits per heavy atom. The zero-order chi connectivity index (χ0) is 18.8. The quantitative estimate of drug-likeness (QED) is 0.675. The molecule has 0 radical (unpaired) electrons. The van der Waals surface area contributed by atoms with Gasteiger partial charge in [0, 0.05) is 65.9 Å². The van der Waals surface area contributed by atoms with Gasteiger partial charge in [0.05, 0.1) is 0 Å². The van der Waals surface area contributed by atoms with Crippen LogP contribution in [0.4, 0.5) is 0 Å². The Bertz CT molecular complexity index is 949. The lowest BCUT2D eigenvalue weighted by atomic mass is 10.1. The number of likely N-dealkylation sites (N-methyl/N-ethyl adjacent to an activating group) is 1. The number of benzene rings is 2. The van der Waals surface area contributed by atoms with E-state index in [9.17, 15) is 4.79 Å². The molecule has 1 aliphatic heterocycles. The highest BCUT2D eigenvalue weighted by Gasteiger charge is 2.21. The second kappa shape index (κ2) is 7.97. The SMILES string of the molecule is CN(C)CCN1CCN(Cc2ccc3sc4ccccc4c3c2)CCC1=O. The summed E-state index contributed by atoms with van der Waals surface area (Å²) in [6, 6.07) is 15.5. The Morgan fingerprint density at radius 2 is 1.81 bits per heavy atom. The van der Waals surface area contributed by atoms with Gasteiger partial charge in [0.15, 0.2) is 0 Å². The number of rotatable bonds is 5. The second-order valence-corrected chi connectivity index (χ2v) is 8.72. The van der Waals surface area contributed by atoms with Gasteiger partial charge in [0.2, 0.25) is 5.91 Å². The van der Waals surface area contributed by atoms with Crippen molar-refractivity contribution in [1.82, 2.24) is 14.7 Å². The number of thiophene rings is 1. The predicted molar refractivity (Wildman–Crippen MR) is 114 cm³/mol. The summed E-state index contributed by atoms with van der Waals surface area (Å²) in [5.74, 6) is 0.290. The summed E-state index contributed by atoms with van der Waals surface area (Å²) in [6.45, 7) is 5.28. The minimum Gasteiger partial charge on any atom is -0.340 e. The first-order valence-electron chi connectivity index (χ1n) is 9.65. The van der Waals surface area contributed by atoms with Gasteiger partial charge in [-0.15, -0.1) is 11.3 Å². The summed E-state index contributed by atoms with van der Waals surface area (Å²) < 4.78 is 2.70.